The van der Waals surface area contributed by atoms with Gasteiger partial charge in [0.15, 0.2) is 5.84 Å². The molecular weight excluding hydrogens is 272 g/mol. The summed E-state index contributed by atoms with van der Waals surface area (Å²) >= 11 is 0. The molecule has 7 N–H and O–H groups in total. The Morgan fingerprint density at radius 2 is 2.16 bits per heavy atom. The molecule has 0 saturated heterocycles. The van der Waals surface area contributed by atoms with Crippen molar-refractivity contribution in [2.24, 2.45) is 16.0 Å². The fourth-order valence-corrected chi connectivity index (χ4v) is 1.58. The van der Waals surface area contributed by atoms with Crippen molar-refractivity contribution in [3.05, 3.63) is 18.2 Å². The van der Waals surface area contributed by atoms with Crippen LogP contribution in [0.3, 0.4) is 0 Å². The van der Waals surface area contributed by atoms with Crippen molar-refractivity contribution in [3.8, 4) is 11.8 Å². The van der Waals surface area contributed by atoms with E-state index in [0.29, 0.717) is 0 Å². The predicted octanol–water partition coefficient (Wildman–Crippen LogP) is -0.733. The first-order valence-electron chi connectivity index (χ1n) is 4.69. The third-order valence-electron chi connectivity index (χ3n) is 1.95. The van der Waals surface area contributed by atoms with Crippen LogP contribution in [0.1, 0.15) is 0 Å². The maximum Gasteiger partial charge on any atom is 0.238 e. The normalized spacial score (nSPS) is 11.7. The summed E-state index contributed by atoms with van der Waals surface area (Å²) in [7, 11) is -3.92. The van der Waals surface area contributed by atoms with Crippen molar-refractivity contribution in [3.63, 3.8) is 0 Å². The molecule has 0 saturated carbocycles. The molecule has 10 heteroatoms. The van der Waals surface area contributed by atoms with Gasteiger partial charge in [0, 0.05) is 6.07 Å². The molecule has 0 aliphatic rings. The van der Waals surface area contributed by atoms with Gasteiger partial charge in [0.05, 0.1) is 10.6 Å². The number of amidine groups is 1. The van der Waals surface area contributed by atoms with E-state index in [-0.39, 0.29) is 16.3 Å². The van der Waals surface area contributed by atoms with Crippen LogP contribution in [-0.4, -0.2) is 25.1 Å². The zero-order valence-corrected chi connectivity index (χ0v) is 10.3. The number of aromatic hydroxyl groups is 1. The number of phenolic OH excluding ortho intramolecular Hbond substituents is 1. The van der Waals surface area contributed by atoms with Crippen molar-refractivity contribution in [2.75, 3.05) is 5.43 Å². The maximum absolute atomic E-state index is 11.0. The number of benzene rings is 1. The van der Waals surface area contributed by atoms with Crippen LogP contribution in [-0.2, 0) is 10.0 Å². The van der Waals surface area contributed by atoms with Crippen molar-refractivity contribution < 1.29 is 13.5 Å². The van der Waals surface area contributed by atoms with Crippen LogP contribution in [0.4, 0.5) is 5.69 Å². The van der Waals surface area contributed by atoms with E-state index in [1.807, 2.05) is 0 Å². The summed E-state index contributed by atoms with van der Waals surface area (Å²) in [6, 6.07) is 4.84. The molecule has 100 valence electrons. The Morgan fingerprint density at radius 1 is 1.53 bits per heavy atom. The van der Waals surface area contributed by atoms with E-state index >= 15 is 0 Å². The molecule has 0 spiro atoms. The van der Waals surface area contributed by atoms with E-state index in [1.54, 1.807) is 6.07 Å². The average Bonchev–Trinajstić information content (AvgIpc) is 2.29. The molecule has 0 aliphatic heterocycles. The molecular formula is C9H10N6O3S. The average molecular weight is 282 g/mol. The number of rotatable bonds is 4. The number of nitrogens with two attached hydrogens (primary N) is 2. The van der Waals surface area contributed by atoms with Gasteiger partial charge in [-0.05, 0) is 12.1 Å². The second kappa shape index (κ2) is 5.34. The van der Waals surface area contributed by atoms with E-state index in [1.165, 1.54) is 6.07 Å². The summed E-state index contributed by atoms with van der Waals surface area (Å²) in [5.74, 6) is -0.980. The summed E-state index contributed by atoms with van der Waals surface area (Å²) < 4.78 is 22.1. The van der Waals surface area contributed by atoms with Crippen LogP contribution in [0.2, 0.25) is 0 Å². The maximum atomic E-state index is 11.0. The highest BCUT2D eigenvalue weighted by Gasteiger charge is 2.11. The largest absolute Gasteiger partial charge is 0.506 e. The van der Waals surface area contributed by atoms with Crippen LogP contribution in [0.5, 0.6) is 5.75 Å². The van der Waals surface area contributed by atoms with Gasteiger partial charge in [-0.15, -0.1) is 0 Å². The monoisotopic (exact) mass is 282 g/mol. The van der Waals surface area contributed by atoms with Crippen molar-refractivity contribution in [2.45, 2.75) is 4.90 Å². The molecule has 1 aromatic rings. The van der Waals surface area contributed by atoms with Crippen LogP contribution < -0.4 is 16.3 Å². The lowest BCUT2D eigenvalue weighted by Crippen LogP contribution is -2.21. The van der Waals surface area contributed by atoms with Gasteiger partial charge in [0.1, 0.15) is 11.8 Å². The number of phenols is 1. The van der Waals surface area contributed by atoms with Crippen LogP contribution in [0.25, 0.3) is 0 Å². The summed E-state index contributed by atoms with van der Waals surface area (Å²) in [5, 5.41) is 33.5. The molecule has 0 atom stereocenters. The summed E-state index contributed by atoms with van der Waals surface area (Å²) in [6.07, 6.45) is 0. The Bertz CT molecular complexity index is 688. The number of hydrogen-bond acceptors (Lipinski definition) is 7. The van der Waals surface area contributed by atoms with Crippen LogP contribution in [0, 0.1) is 16.7 Å². The van der Waals surface area contributed by atoms with Gasteiger partial charge in [0.2, 0.25) is 15.7 Å². The fraction of sp³-hybridized carbons (Fsp3) is 0. The Hall–Kier alpha value is -2.64. The first kappa shape index (κ1) is 14.4. The van der Waals surface area contributed by atoms with E-state index in [0.717, 1.165) is 12.1 Å². The lowest BCUT2D eigenvalue weighted by molar-refractivity contribution is 0.475. The van der Waals surface area contributed by atoms with Gasteiger partial charge in [-0.2, -0.15) is 10.4 Å². The second-order valence-corrected chi connectivity index (χ2v) is 4.88. The molecule has 0 radical (unpaired) electrons. The van der Waals surface area contributed by atoms with Gasteiger partial charge in [-0.3, -0.25) is 10.8 Å². The quantitative estimate of drug-likeness (QED) is 0.210. The fourth-order valence-electron chi connectivity index (χ4n) is 1.04. The van der Waals surface area contributed by atoms with E-state index < -0.39 is 21.6 Å². The van der Waals surface area contributed by atoms with Gasteiger partial charge < -0.3 is 10.8 Å². The topological polar surface area (TPSA) is 178 Å². The third-order valence-corrected chi connectivity index (χ3v) is 2.86. The highest BCUT2D eigenvalue weighted by molar-refractivity contribution is 7.89. The minimum Gasteiger partial charge on any atom is -0.506 e. The van der Waals surface area contributed by atoms with Crippen LogP contribution in [0.15, 0.2) is 28.2 Å². The van der Waals surface area contributed by atoms with Gasteiger partial charge in [-0.1, -0.05) is 0 Å². The molecule has 0 fully saturated rings. The first-order valence-corrected chi connectivity index (χ1v) is 6.24. The number of hydrazone groups is 1. The number of hydrogen-bond donors (Lipinski definition) is 5. The van der Waals surface area contributed by atoms with E-state index in [9.17, 15) is 13.5 Å². The Balaban J connectivity index is 3.06. The highest BCUT2D eigenvalue weighted by Crippen LogP contribution is 2.25. The Labute approximate surface area is 108 Å². The molecule has 0 unspecified atom stereocenters. The third kappa shape index (κ3) is 3.66. The number of primary sulfonamides is 1. The minimum atomic E-state index is -3.92. The number of anilines is 1. The molecule has 0 aromatic heterocycles. The molecule has 9 nitrogen and oxygen atoms in total. The SMILES string of the molecule is N#C/C(=N\Nc1ccc(S(N)(=O)=O)cc1O)C(=N)N. The number of sulfonamides is 1. The predicted molar refractivity (Wildman–Crippen MR) is 68.1 cm³/mol. The minimum absolute atomic E-state index is 0.0291. The Morgan fingerprint density at radius 3 is 2.58 bits per heavy atom. The number of nitriles is 1. The summed E-state index contributed by atoms with van der Waals surface area (Å²) in [6.45, 7) is 0. The Kier molecular flexibility index (Phi) is 4.05. The standard InChI is InChI=1S/C9H10N6O3S/c10-4-7(9(11)12)15-14-6-2-1-5(3-8(6)16)19(13,17)18/h1-3,14,16H,(H3,11,12)(H2,13,17,18)/b15-7+. The molecule has 19 heavy (non-hydrogen) atoms. The van der Waals surface area contributed by atoms with Gasteiger partial charge >= 0.3 is 0 Å². The first-order chi connectivity index (χ1) is 8.75. The van der Waals surface area contributed by atoms with Gasteiger partial charge in [0.25, 0.3) is 0 Å². The zero-order chi connectivity index (χ0) is 14.6. The second-order valence-electron chi connectivity index (χ2n) is 3.32. The molecule has 1 aromatic carbocycles. The number of nitrogens with one attached hydrogen (secondary N) is 2. The van der Waals surface area contributed by atoms with Crippen LogP contribution >= 0.6 is 0 Å². The van der Waals surface area contributed by atoms with Crippen molar-refractivity contribution >= 4 is 27.3 Å². The summed E-state index contributed by atoms with van der Waals surface area (Å²) in [5.41, 5.74) is 6.99. The highest BCUT2D eigenvalue weighted by atomic mass is 32.2. The summed E-state index contributed by atoms with van der Waals surface area (Å²) in [4.78, 5) is -0.272. The molecule has 0 bridgehead atoms. The zero-order valence-electron chi connectivity index (χ0n) is 9.45. The van der Waals surface area contributed by atoms with E-state index in [2.05, 4.69) is 10.5 Å². The van der Waals surface area contributed by atoms with Crippen molar-refractivity contribution in [1.82, 2.24) is 0 Å². The molecule has 1 rings (SSSR count). The van der Waals surface area contributed by atoms with E-state index in [4.69, 9.17) is 21.5 Å². The number of nitrogens with zero attached hydrogens (tertiary/aromatic N) is 2. The lowest BCUT2D eigenvalue weighted by Gasteiger charge is -2.05. The smallest absolute Gasteiger partial charge is 0.238 e. The van der Waals surface area contributed by atoms with Crippen molar-refractivity contribution in [1.29, 1.82) is 10.7 Å². The van der Waals surface area contributed by atoms with Gasteiger partial charge in [-0.25, -0.2) is 13.6 Å². The lowest BCUT2D eigenvalue weighted by atomic mass is 10.3. The molecule has 0 heterocycles. The molecule has 0 aliphatic carbocycles. The molecule has 0 amide bonds.